The van der Waals surface area contributed by atoms with Crippen LogP contribution in [0.3, 0.4) is 0 Å². The number of thioether (sulfide) groups is 2. The minimum atomic E-state index is -0.409. The average Bonchev–Trinajstić information content (AvgIpc) is 2.29. The summed E-state index contributed by atoms with van der Waals surface area (Å²) in [5.41, 5.74) is 0. The predicted octanol–water partition coefficient (Wildman–Crippen LogP) is 3.41. The molecule has 0 unspecified atom stereocenters. The monoisotopic (exact) mass is 258 g/mol. The van der Waals surface area contributed by atoms with Crippen molar-refractivity contribution in [2.75, 3.05) is 12.5 Å². The maximum absolute atomic E-state index is 11.0. The highest BCUT2D eigenvalue weighted by Gasteiger charge is 2.06. The van der Waals surface area contributed by atoms with Crippen LogP contribution in [0.2, 0.25) is 0 Å². The van der Waals surface area contributed by atoms with Crippen molar-refractivity contribution in [2.24, 2.45) is 0 Å². The van der Waals surface area contributed by atoms with Crippen molar-refractivity contribution < 1.29 is 19.1 Å². The third-order valence-corrected chi connectivity index (χ3v) is 2.37. The Morgan fingerprint density at radius 1 is 1.00 bits per heavy atom. The summed E-state index contributed by atoms with van der Waals surface area (Å²) in [5.74, 6) is 0.705. The molecule has 0 saturated heterocycles. The minimum absolute atomic E-state index is 0.353. The molecule has 0 radical (unpaired) electrons. The molecule has 6 heteroatoms. The second-order valence-electron chi connectivity index (χ2n) is 2.59. The van der Waals surface area contributed by atoms with E-state index in [0.717, 1.165) is 23.5 Å². The largest absolute Gasteiger partial charge is 0.418 e. The van der Waals surface area contributed by atoms with Gasteiger partial charge >= 0.3 is 10.6 Å². The van der Waals surface area contributed by atoms with Crippen molar-refractivity contribution in [1.82, 2.24) is 0 Å². The third-order valence-electron chi connectivity index (χ3n) is 1.54. The van der Waals surface area contributed by atoms with E-state index in [1.165, 1.54) is 6.07 Å². The van der Waals surface area contributed by atoms with Crippen molar-refractivity contribution in [3.63, 3.8) is 0 Å². The van der Waals surface area contributed by atoms with Gasteiger partial charge in [-0.25, -0.2) is 9.59 Å². The second kappa shape index (κ2) is 6.44. The highest BCUT2D eigenvalue weighted by molar-refractivity contribution is 8.12. The molecular weight excluding hydrogens is 248 g/mol. The molecule has 0 aliphatic rings. The van der Waals surface area contributed by atoms with Crippen molar-refractivity contribution >= 4 is 34.1 Å². The number of hydrogen-bond donors (Lipinski definition) is 0. The first-order valence-electron chi connectivity index (χ1n) is 4.27. The maximum Gasteiger partial charge on any atom is 0.372 e. The first-order valence-corrected chi connectivity index (χ1v) is 6.72. The van der Waals surface area contributed by atoms with E-state index in [1.54, 1.807) is 30.7 Å². The Hall–Kier alpha value is -1.14. The van der Waals surface area contributed by atoms with Crippen molar-refractivity contribution in [1.29, 1.82) is 0 Å². The summed E-state index contributed by atoms with van der Waals surface area (Å²) < 4.78 is 9.89. The van der Waals surface area contributed by atoms with Crippen LogP contribution in [0.15, 0.2) is 24.3 Å². The summed E-state index contributed by atoms with van der Waals surface area (Å²) in [7, 11) is 0. The van der Waals surface area contributed by atoms with E-state index in [9.17, 15) is 9.59 Å². The van der Waals surface area contributed by atoms with Gasteiger partial charge in [-0.05, 0) is 48.2 Å². The summed E-state index contributed by atoms with van der Waals surface area (Å²) in [6.07, 6.45) is 3.25. The van der Waals surface area contributed by atoms with Crippen LogP contribution in [0, 0.1) is 0 Å². The van der Waals surface area contributed by atoms with Gasteiger partial charge in [0.25, 0.3) is 0 Å². The van der Waals surface area contributed by atoms with Crippen molar-refractivity contribution in [3.8, 4) is 11.5 Å². The molecule has 86 valence electrons. The first kappa shape index (κ1) is 12.9. The fourth-order valence-electron chi connectivity index (χ4n) is 0.877. The van der Waals surface area contributed by atoms with Gasteiger partial charge < -0.3 is 9.47 Å². The van der Waals surface area contributed by atoms with Crippen LogP contribution in [0.4, 0.5) is 9.59 Å². The van der Waals surface area contributed by atoms with E-state index in [0.29, 0.717) is 11.5 Å². The number of carbonyl (C=O) groups excluding carboxylic acids is 2. The lowest BCUT2D eigenvalue weighted by molar-refractivity contribution is 0.225. The lowest BCUT2D eigenvalue weighted by Crippen LogP contribution is -2.02. The van der Waals surface area contributed by atoms with E-state index in [2.05, 4.69) is 0 Å². The Morgan fingerprint density at radius 3 is 1.81 bits per heavy atom. The fraction of sp³-hybridized carbons (Fsp3) is 0.200. The molecule has 0 aliphatic heterocycles. The molecule has 0 atom stereocenters. The summed E-state index contributed by atoms with van der Waals surface area (Å²) >= 11 is 1.94. The molecular formula is C10H10O4S2. The number of hydrogen-bond acceptors (Lipinski definition) is 6. The Balaban J connectivity index is 2.71. The van der Waals surface area contributed by atoms with Crippen LogP contribution in [0.5, 0.6) is 11.5 Å². The van der Waals surface area contributed by atoms with Gasteiger partial charge in [0, 0.05) is 6.07 Å². The molecule has 0 aliphatic carbocycles. The quantitative estimate of drug-likeness (QED) is 0.758. The Morgan fingerprint density at radius 2 is 1.44 bits per heavy atom. The summed E-state index contributed by atoms with van der Waals surface area (Å²) in [5, 5.41) is -0.818. The van der Waals surface area contributed by atoms with Crippen LogP contribution in [0.1, 0.15) is 0 Å². The highest BCUT2D eigenvalue weighted by Crippen LogP contribution is 2.22. The summed E-state index contributed by atoms with van der Waals surface area (Å²) in [4.78, 5) is 22.0. The van der Waals surface area contributed by atoms with Gasteiger partial charge in [-0.1, -0.05) is 6.07 Å². The molecule has 16 heavy (non-hydrogen) atoms. The first-order chi connectivity index (χ1) is 7.65. The second-order valence-corrected chi connectivity index (χ2v) is 4.07. The van der Waals surface area contributed by atoms with E-state index < -0.39 is 10.6 Å². The smallest absolute Gasteiger partial charge is 0.372 e. The average molecular weight is 258 g/mol. The molecule has 0 bridgehead atoms. The highest BCUT2D eigenvalue weighted by atomic mass is 32.2. The Labute approximate surface area is 102 Å². The zero-order valence-electron chi connectivity index (χ0n) is 8.76. The molecule has 0 amide bonds. The minimum Gasteiger partial charge on any atom is -0.418 e. The number of carbonyl (C=O) groups is 2. The molecule has 0 fully saturated rings. The number of rotatable bonds is 2. The van der Waals surface area contributed by atoms with Crippen LogP contribution in [-0.4, -0.2) is 23.1 Å². The number of benzene rings is 1. The standard InChI is InChI=1S/C10H10O4S2/c1-15-9(11)13-7-4-3-5-8(6-7)14-10(12)16-2/h3-6H,1-2H3. The Kier molecular flexibility index (Phi) is 5.21. The predicted molar refractivity (Wildman–Crippen MR) is 65.5 cm³/mol. The van der Waals surface area contributed by atoms with E-state index in [-0.39, 0.29) is 0 Å². The van der Waals surface area contributed by atoms with Crippen LogP contribution in [-0.2, 0) is 0 Å². The molecule has 4 nitrogen and oxygen atoms in total. The lowest BCUT2D eigenvalue weighted by Gasteiger charge is -2.05. The van der Waals surface area contributed by atoms with Gasteiger partial charge in [-0.2, -0.15) is 0 Å². The topological polar surface area (TPSA) is 52.6 Å². The fourth-order valence-corrected chi connectivity index (χ4v) is 1.24. The maximum atomic E-state index is 11.0. The zero-order chi connectivity index (χ0) is 12.0. The molecule has 0 N–H and O–H groups in total. The molecule has 0 saturated carbocycles. The van der Waals surface area contributed by atoms with E-state index in [4.69, 9.17) is 9.47 Å². The van der Waals surface area contributed by atoms with Gasteiger partial charge in [-0.3, -0.25) is 0 Å². The van der Waals surface area contributed by atoms with Crippen LogP contribution in [0.25, 0.3) is 0 Å². The van der Waals surface area contributed by atoms with Gasteiger partial charge in [0.2, 0.25) is 0 Å². The molecule has 1 aromatic carbocycles. The number of ether oxygens (including phenoxy) is 2. The van der Waals surface area contributed by atoms with E-state index in [1.807, 2.05) is 0 Å². The zero-order valence-corrected chi connectivity index (χ0v) is 10.4. The molecule has 0 heterocycles. The Bertz CT molecular complexity index is 359. The normalized spacial score (nSPS) is 9.62. The summed E-state index contributed by atoms with van der Waals surface area (Å²) in [6, 6.07) is 6.36. The van der Waals surface area contributed by atoms with Gasteiger partial charge in [0.05, 0.1) is 0 Å². The van der Waals surface area contributed by atoms with E-state index >= 15 is 0 Å². The summed E-state index contributed by atoms with van der Waals surface area (Å²) in [6.45, 7) is 0. The third kappa shape index (κ3) is 4.16. The van der Waals surface area contributed by atoms with Gasteiger partial charge in [0.15, 0.2) is 0 Å². The lowest BCUT2D eigenvalue weighted by atomic mass is 10.3. The SMILES string of the molecule is CSC(=O)Oc1cccc(OC(=O)SC)c1. The van der Waals surface area contributed by atoms with Crippen molar-refractivity contribution in [2.45, 2.75) is 0 Å². The van der Waals surface area contributed by atoms with Gasteiger partial charge in [0.1, 0.15) is 11.5 Å². The molecule has 1 rings (SSSR count). The van der Waals surface area contributed by atoms with Crippen molar-refractivity contribution in [3.05, 3.63) is 24.3 Å². The molecule has 1 aromatic rings. The van der Waals surface area contributed by atoms with Crippen LogP contribution >= 0.6 is 23.5 Å². The van der Waals surface area contributed by atoms with Crippen LogP contribution < -0.4 is 9.47 Å². The molecule has 0 aromatic heterocycles. The molecule has 0 spiro atoms. The van der Waals surface area contributed by atoms with Gasteiger partial charge in [-0.15, -0.1) is 0 Å².